The number of benzene rings is 1. The molecule has 1 aromatic carbocycles. The molecule has 0 aromatic heterocycles. The minimum absolute atomic E-state index is 0.00186. The van der Waals surface area contributed by atoms with Crippen LogP contribution in [0, 0.1) is 0 Å². The number of aliphatic imine (C=N–C) groups is 1. The SMILES string of the molecule is O=C(O)C1=NC(C(=O)O)CC(CC=[N+]2c3cc(O)c(O)cc3CC2C(=O)O)=C1. The second kappa shape index (κ2) is 7.14. The zero-order chi connectivity index (χ0) is 20.6. The van der Waals surface area contributed by atoms with Gasteiger partial charge in [-0.2, -0.15) is 4.58 Å². The number of carbonyl (C=O) groups is 3. The molecule has 0 fully saturated rings. The van der Waals surface area contributed by atoms with Crippen molar-refractivity contribution in [1.82, 2.24) is 0 Å². The van der Waals surface area contributed by atoms with Crippen LogP contribution in [0.25, 0.3) is 0 Å². The van der Waals surface area contributed by atoms with E-state index in [-0.39, 0.29) is 30.7 Å². The summed E-state index contributed by atoms with van der Waals surface area (Å²) in [5.41, 5.74) is 1.04. The lowest BCUT2D eigenvalue weighted by Gasteiger charge is -2.15. The molecular weight excluding hydrogens is 372 g/mol. The first kappa shape index (κ1) is 19.1. The number of carboxylic acid groups (broad SMARTS) is 3. The summed E-state index contributed by atoms with van der Waals surface area (Å²) < 4.78 is 1.42. The monoisotopic (exact) mass is 389 g/mol. The van der Waals surface area contributed by atoms with Crippen LogP contribution in [0.1, 0.15) is 18.4 Å². The molecule has 5 N–H and O–H groups in total. The second-order valence-electron chi connectivity index (χ2n) is 6.50. The van der Waals surface area contributed by atoms with Gasteiger partial charge in [0, 0.05) is 18.4 Å². The predicted molar refractivity (Wildman–Crippen MR) is 94.7 cm³/mol. The summed E-state index contributed by atoms with van der Waals surface area (Å²) in [7, 11) is 0. The standard InChI is InChI=1S/C18H16N2O8/c21-14-6-9-5-13(18(27)28)20(12(9)7-15(14)22)2-1-8-3-10(16(23)24)19-11(4-8)17(25)26/h2-3,6-7,11,13H,1,4-5H2,(H4-,21,22,23,24,25,26,27,28)/p+1. The van der Waals surface area contributed by atoms with Crippen molar-refractivity contribution in [2.24, 2.45) is 4.99 Å². The molecule has 3 rings (SSSR count). The van der Waals surface area contributed by atoms with Gasteiger partial charge in [0.25, 0.3) is 6.04 Å². The molecule has 0 aliphatic carbocycles. The number of fused-ring (bicyclic) bond motifs is 1. The summed E-state index contributed by atoms with van der Waals surface area (Å²) >= 11 is 0. The van der Waals surface area contributed by atoms with Crippen molar-refractivity contribution < 1.29 is 44.5 Å². The lowest BCUT2D eigenvalue weighted by Crippen LogP contribution is -2.30. The average Bonchev–Trinajstić information content (AvgIpc) is 2.97. The number of rotatable bonds is 5. The molecule has 0 saturated carbocycles. The van der Waals surface area contributed by atoms with E-state index in [0.717, 1.165) is 0 Å². The smallest absolute Gasteiger partial charge is 0.373 e. The van der Waals surface area contributed by atoms with Crippen LogP contribution in [-0.4, -0.2) is 72.0 Å². The van der Waals surface area contributed by atoms with Crippen LogP contribution >= 0.6 is 0 Å². The van der Waals surface area contributed by atoms with Crippen molar-refractivity contribution in [3.63, 3.8) is 0 Å². The summed E-state index contributed by atoms with van der Waals surface area (Å²) in [6.07, 6.45) is 2.99. The molecule has 146 valence electrons. The normalized spacial score (nSPS) is 22.4. The highest BCUT2D eigenvalue weighted by Crippen LogP contribution is 2.38. The zero-order valence-electron chi connectivity index (χ0n) is 14.4. The molecule has 2 aliphatic heterocycles. The van der Waals surface area contributed by atoms with E-state index in [4.69, 9.17) is 10.2 Å². The Kier molecular flexibility index (Phi) is 4.87. The molecule has 2 unspecified atom stereocenters. The molecule has 10 nitrogen and oxygen atoms in total. The maximum atomic E-state index is 11.6. The molecule has 10 heteroatoms. The van der Waals surface area contributed by atoms with Gasteiger partial charge in [0.1, 0.15) is 5.71 Å². The zero-order valence-corrected chi connectivity index (χ0v) is 14.4. The van der Waals surface area contributed by atoms with Crippen LogP contribution < -0.4 is 0 Å². The number of aliphatic carboxylic acids is 3. The molecule has 28 heavy (non-hydrogen) atoms. The number of aromatic hydroxyl groups is 2. The Hall–Kier alpha value is -3.69. The van der Waals surface area contributed by atoms with Gasteiger partial charge in [-0.05, 0) is 12.1 Å². The van der Waals surface area contributed by atoms with Crippen LogP contribution in [0.4, 0.5) is 5.69 Å². The van der Waals surface area contributed by atoms with Crippen molar-refractivity contribution in [1.29, 1.82) is 0 Å². The Bertz CT molecular complexity index is 976. The highest BCUT2D eigenvalue weighted by atomic mass is 16.4. The largest absolute Gasteiger partial charge is 0.504 e. The highest BCUT2D eigenvalue weighted by molar-refractivity contribution is 6.41. The van der Waals surface area contributed by atoms with Gasteiger partial charge in [0.05, 0.1) is 12.5 Å². The van der Waals surface area contributed by atoms with Crippen LogP contribution in [0.2, 0.25) is 0 Å². The third-order valence-corrected chi connectivity index (χ3v) is 4.63. The fraction of sp³-hybridized carbons (Fsp3) is 0.278. The topological polar surface area (TPSA) is 168 Å². The number of hydrogen-bond donors (Lipinski definition) is 5. The fourth-order valence-electron chi connectivity index (χ4n) is 3.29. The van der Waals surface area contributed by atoms with Crippen molar-refractivity contribution >= 4 is 35.5 Å². The van der Waals surface area contributed by atoms with Crippen LogP contribution in [-0.2, 0) is 20.8 Å². The molecule has 1 aromatic rings. The van der Waals surface area contributed by atoms with E-state index in [0.29, 0.717) is 16.8 Å². The van der Waals surface area contributed by atoms with Gasteiger partial charge in [-0.25, -0.2) is 14.4 Å². The van der Waals surface area contributed by atoms with Gasteiger partial charge in [-0.1, -0.05) is 5.57 Å². The summed E-state index contributed by atoms with van der Waals surface area (Å²) in [6.45, 7) is 0. The molecule has 0 amide bonds. The van der Waals surface area contributed by atoms with Crippen molar-refractivity contribution in [2.45, 2.75) is 31.3 Å². The van der Waals surface area contributed by atoms with E-state index in [1.807, 2.05) is 0 Å². The average molecular weight is 389 g/mol. The summed E-state index contributed by atoms with van der Waals surface area (Å²) in [5, 5.41) is 47.1. The van der Waals surface area contributed by atoms with Gasteiger partial charge < -0.3 is 25.5 Å². The molecular formula is C18H17N2O8+. The van der Waals surface area contributed by atoms with Crippen molar-refractivity contribution in [2.75, 3.05) is 0 Å². The predicted octanol–water partition coefficient (Wildman–Crippen LogP) is 0.521. The van der Waals surface area contributed by atoms with Gasteiger partial charge >= 0.3 is 17.9 Å². The Morgan fingerprint density at radius 3 is 2.36 bits per heavy atom. The van der Waals surface area contributed by atoms with E-state index in [1.165, 1.54) is 29.0 Å². The second-order valence-corrected chi connectivity index (χ2v) is 6.50. The Labute approximate surface area is 158 Å². The van der Waals surface area contributed by atoms with Crippen LogP contribution in [0.3, 0.4) is 0 Å². The van der Waals surface area contributed by atoms with Crippen LogP contribution in [0.15, 0.2) is 28.8 Å². The third kappa shape index (κ3) is 3.56. The number of carboxylic acids is 3. The minimum Gasteiger partial charge on any atom is -0.504 e. The van der Waals surface area contributed by atoms with Gasteiger partial charge in [-0.3, -0.25) is 4.99 Å². The molecule has 0 radical (unpaired) electrons. The number of nitrogens with zero attached hydrogens (tertiary/aromatic N) is 2. The maximum Gasteiger partial charge on any atom is 0.373 e. The molecule has 0 bridgehead atoms. The number of phenols is 2. The first-order valence-corrected chi connectivity index (χ1v) is 8.30. The molecule has 0 saturated heterocycles. The summed E-state index contributed by atoms with van der Waals surface area (Å²) in [6, 6.07) is 0.359. The van der Waals surface area contributed by atoms with E-state index in [9.17, 15) is 29.7 Å². The first-order chi connectivity index (χ1) is 13.2. The number of dihydropyridines is 1. The molecule has 2 atom stereocenters. The van der Waals surface area contributed by atoms with Crippen molar-refractivity contribution in [3.8, 4) is 11.5 Å². The number of hydrogen-bond acceptors (Lipinski definition) is 6. The quantitative estimate of drug-likeness (QED) is 0.359. The van der Waals surface area contributed by atoms with Crippen molar-refractivity contribution in [3.05, 3.63) is 29.3 Å². The van der Waals surface area contributed by atoms with E-state index in [1.54, 1.807) is 0 Å². The lowest BCUT2D eigenvalue weighted by molar-refractivity contribution is -0.458. The van der Waals surface area contributed by atoms with E-state index in [2.05, 4.69) is 4.99 Å². The van der Waals surface area contributed by atoms with E-state index < -0.39 is 35.7 Å². The maximum absolute atomic E-state index is 11.6. The van der Waals surface area contributed by atoms with Gasteiger partial charge in [0.2, 0.25) is 5.69 Å². The Balaban J connectivity index is 1.95. The minimum atomic E-state index is -1.35. The molecule has 2 aliphatic rings. The van der Waals surface area contributed by atoms with E-state index >= 15 is 0 Å². The Morgan fingerprint density at radius 1 is 1.07 bits per heavy atom. The third-order valence-electron chi connectivity index (χ3n) is 4.63. The number of phenolic OH excluding ortho intramolecular Hbond substituents is 2. The summed E-state index contributed by atoms with van der Waals surface area (Å²) in [4.78, 5) is 37.7. The first-order valence-electron chi connectivity index (χ1n) is 8.30. The summed E-state index contributed by atoms with van der Waals surface area (Å²) in [5.74, 6) is -4.46. The molecule has 0 spiro atoms. The highest BCUT2D eigenvalue weighted by Gasteiger charge is 2.40. The van der Waals surface area contributed by atoms with Gasteiger partial charge in [-0.15, -0.1) is 0 Å². The van der Waals surface area contributed by atoms with Gasteiger partial charge in [0.15, 0.2) is 23.8 Å². The molecule has 2 heterocycles. The lowest BCUT2D eigenvalue weighted by atomic mass is 9.99. The Morgan fingerprint density at radius 2 is 1.75 bits per heavy atom. The van der Waals surface area contributed by atoms with Crippen LogP contribution in [0.5, 0.6) is 11.5 Å². The fourth-order valence-corrected chi connectivity index (χ4v) is 3.29.